The number of benzene rings is 1. The molecule has 0 spiro atoms. The zero-order chi connectivity index (χ0) is 26.1. The summed E-state index contributed by atoms with van der Waals surface area (Å²) in [4.78, 5) is 0. The summed E-state index contributed by atoms with van der Waals surface area (Å²) < 4.78 is 0. The first-order chi connectivity index (χ1) is 16.7. The van der Waals surface area contributed by atoms with Crippen molar-refractivity contribution in [3.63, 3.8) is 0 Å². The minimum absolute atomic E-state index is 0. The van der Waals surface area contributed by atoms with E-state index < -0.39 is 20.8 Å². The summed E-state index contributed by atoms with van der Waals surface area (Å²) in [5, 5.41) is 2.66. The topological polar surface area (TPSA) is 0 Å². The normalized spacial score (nSPS) is 17.6. The molecular formula is C35H47Cl4Zr2-4. The molecule has 2 aromatic carbocycles. The van der Waals surface area contributed by atoms with E-state index in [1.165, 1.54) is 33.1 Å². The zero-order valence-corrected chi connectivity index (χ0v) is 34.6. The van der Waals surface area contributed by atoms with Gasteiger partial charge in [-0.15, -0.1) is 36.1 Å². The molecule has 3 aliphatic carbocycles. The maximum absolute atomic E-state index is 4.93. The predicted molar refractivity (Wildman–Crippen MR) is 173 cm³/mol. The average molecular weight is 792 g/mol. The SMILES string of the molecule is CC1=C(C)C(C)C(C2=C(C)C(C)=C(C)C2C)=C1C.[C-]1=CC=CC1.[CH3-].[CH3-].[CH3-].[Cl-].[Cl-].[Cl][Zr][Cl].[Zr+3].c1ccc2[cH-]ccc2c1. The van der Waals surface area contributed by atoms with Crippen LogP contribution in [-0.2, 0) is 47.1 Å². The molecule has 0 fully saturated rings. The summed E-state index contributed by atoms with van der Waals surface area (Å²) in [6.45, 7) is 18.5. The van der Waals surface area contributed by atoms with Gasteiger partial charge in [0.1, 0.15) is 0 Å². The molecule has 0 heterocycles. The summed E-state index contributed by atoms with van der Waals surface area (Å²) in [6.07, 6.45) is 10.0. The van der Waals surface area contributed by atoms with Crippen molar-refractivity contribution in [1.29, 1.82) is 0 Å². The van der Waals surface area contributed by atoms with E-state index in [0.717, 1.165) is 6.42 Å². The van der Waals surface area contributed by atoms with E-state index in [9.17, 15) is 0 Å². The van der Waals surface area contributed by atoms with Crippen molar-refractivity contribution in [2.24, 2.45) is 11.8 Å². The number of allylic oxidation sites excluding steroid dienone is 12. The standard InChI is InChI=1S/C18H26.C9H7.C5H5.3CH3.4ClH.2Zr/c1-9-10(2)14(6)17(13(9)5)18-15(7)11(3)12(4)16(18)8;1-2-5-9-7-3-6-8(9)4-1;1-2-4-5-3-1;;;;;;;;;/h13,15H,1-8H3;1-7H;1-3H,4H2;3*1H3;4*1H;;/q;5*-1;;;;;+2;+3/p-4. The molecule has 3 aliphatic rings. The van der Waals surface area contributed by atoms with Gasteiger partial charge in [-0.3, -0.25) is 6.08 Å². The van der Waals surface area contributed by atoms with E-state index >= 15 is 0 Å². The van der Waals surface area contributed by atoms with Gasteiger partial charge in [0.25, 0.3) is 0 Å². The number of hydrogen-bond donors (Lipinski definition) is 0. The van der Waals surface area contributed by atoms with E-state index in [1.54, 1.807) is 22.3 Å². The first-order valence-electron chi connectivity index (χ1n) is 12.2. The molecule has 41 heavy (non-hydrogen) atoms. The third-order valence-electron chi connectivity index (χ3n) is 7.70. The fourth-order valence-electron chi connectivity index (χ4n) is 5.01. The molecule has 0 amide bonds. The summed E-state index contributed by atoms with van der Waals surface area (Å²) in [5.74, 6) is 1.19. The van der Waals surface area contributed by atoms with Crippen LogP contribution in [0.3, 0.4) is 0 Å². The van der Waals surface area contributed by atoms with Gasteiger partial charge in [-0.05, 0) is 75.0 Å². The van der Waals surface area contributed by atoms with Gasteiger partial charge in [0.2, 0.25) is 0 Å². The van der Waals surface area contributed by atoms with Crippen molar-refractivity contribution in [3.05, 3.63) is 134 Å². The van der Waals surface area contributed by atoms with E-state index in [4.69, 9.17) is 17.0 Å². The molecule has 0 saturated carbocycles. The Balaban J connectivity index is -0.000000160. The van der Waals surface area contributed by atoms with Crippen LogP contribution in [0, 0.1) is 40.2 Å². The van der Waals surface area contributed by atoms with Gasteiger partial charge in [-0.2, -0.15) is 23.6 Å². The Labute approximate surface area is 303 Å². The minimum Gasteiger partial charge on any atom is -0.168 e. The summed E-state index contributed by atoms with van der Waals surface area (Å²) in [6, 6.07) is 14.7. The maximum atomic E-state index is 4.93. The first kappa shape index (κ1) is 50.8. The molecule has 0 saturated heterocycles. The molecule has 0 aromatic heterocycles. The monoisotopic (exact) mass is 787 g/mol. The molecule has 2 atom stereocenters. The van der Waals surface area contributed by atoms with Crippen molar-refractivity contribution in [1.82, 2.24) is 0 Å². The zero-order valence-electron chi connectivity index (χ0n) is 26.6. The molecule has 0 aliphatic heterocycles. The quantitative estimate of drug-likeness (QED) is 0.303. The van der Waals surface area contributed by atoms with Crippen LogP contribution in [-0.4, -0.2) is 0 Å². The molecule has 2 aromatic rings. The van der Waals surface area contributed by atoms with Crippen LogP contribution in [0.4, 0.5) is 0 Å². The van der Waals surface area contributed by atoms with Crippen LogP contribution in [0.15, 0.2) is 105 Å². The van der Waals surface area contributed by atoms with E-state index in [1.807, 2.05) is 12.2 Å². The minimum atomic E-state index is -0.826. The second kappa shape index (κ2) is 25.5. The van der Waals surface area contributed by atoms with Crippen LogP contribution in [0.25, 0.3) is 10.8 Å². The Morgan fingerprint density at radius 2 is 1.20 bits per heavy atom. The van der Waals surface area contributed by atoms with Gasteiger partial charge in [-0.25, -0.2) is 12.2 Å². The van der Waals surface area contributed by atoms with Gasteiger partial charge < -0.3 is 47.1 Å². The molecular weight excluding hydrogens is 745 g/mol. The number of halogens is 4. The van der Waals surface area contributed by atoms with Gasteiger partial charge in [-0.1, -0.05) is 31.1 Å². The predicted octanol–water partition coefficient (Wildman–Crippen LogP) is 6.19. The summed E-state index contributed by atoms with van der Waals surface area (Å²) in [5.41, 5.74) is 12.4. The summed E-state index contributed by atoms with van der Waals surface area (Å²) in [7, 11) is 9.87. The van der Waals surface area contributed by atoms with E-state index in [2.05, 4.69) is 110 Å². The molecule has 0 nitrogen and oxygen atoms in total. The Morgan fingerprint density at radius 1 is 0.756 bits per heavy atom. The molecule has 6 heteroatoms. The van der Waals surface area contributed by atoms with Crippen molar-refractivity contribution >= 4 is 27.8 Å². The van der Waals surface area contributed by atoms with Gasteiger partial charge in [0, 0.05) is 11.8 Å². The maximum Gasteiger partial charge on any atom is 3.00 e. The number of hydrogen-bond acceptors (Lipinski definition) is 0. The Morgan fingerprint density at radius 3 is 1.49 bits per heavy atom. The Bertz CT molecular complexity index is 1120. The molecule has 2 unspecified atom stereocenters. The van der Waals surface area contributed by atoms with Crippen molar-refractivity contribution in [2.45, 2.75) is 61.8 Å². The molecule has 1 radical (unpaired) electrons. The Kier molecular flexibility index (Phi) is 31.6. The first-order valence-corrected chi connectivity index (χ1v) is 18.6. The van der Waals surface area contributed by atoms with Gasteiger partial charge in [0.05, 0.1) is 0 Å². The van der Waals surface area contributed by atoms with Crippen LogP contribution >= 0.6 is 17.0 Å². The van der Waals surface area contributed by atoms with Gasteiger partial charge >= 0.3 is 64.1 Å². The van der Waals surface area contributed by atoms with Crippen LogP contribution in [0.2, 0.25) is 0 Å². The second-order valence-corrected chi connectivity index (χ2v) is 13.1. The molecule has 227 valence electrons. The molecule has 0 N–H and O–H groups in total. The molecule has 0 bridgehead atoms. The van der Waals surface area contributed by atoms with E-state index in [-0.39, 0.29) is 73.3 Å². The fourth-order valence-corrected chi connectivity index (χ4v) is 5.01. The summed E-state index contributed by atoms with van der Waals surface area (Å²) >= 11 is -0.826. The van der Waals surface area contributed by atoms with Crippen molar-refractivity contribution in [3.8, 4) is 0 Å². The van der Waals surface area contributed by atoms with Crippen molar-refractivity contribution in [2.75, 3.05) is 0 Å². The third-order valence-corrected chi connectivity index (χ3v) is 7.70. The van der Waals surface area contributed by atoms with Crippen molar-refractivity contribution < 1.29 is 71.9 Å². The molecule has 5 rings (SSSR count). The number of rotatable bonds is 1. The Hall–Kier alpha value is 0.196. The van der Waals surface area contributed by atoms with E-state index in [0.29, 0.717) is 11.8 Å². The average Bonchev–Trinajstić information content (AvgIpc) is 3.64. The second-order valence-electron chi connectivity index (χ2n) is 9.37. The largest absolute Gasteiger partial charge is 3.00 e. The van der Waals surface area contributed by atoms with Crippen LogP contribution in [0.5, 0.6) is 0 Å². The fraction of sp³-hybridized carbons (Fsp3) is 0.314. The smallest absolute Gasteiger partial charge is 0.168 e. The van der Waals surface area contributed by atoms with Gasteiger partial charge in [0.15, 0.2) is 0 Å². The number of fused-ring (bicyclic) bond motifs is 1. The van der Waals surface area contributed by atoms with Crippen LogP contribution in [0.1, 0.15) is 61.8 Å². The van der Waals surface area contributed by atoms with Crippen LogP contribution < -0.4 is 24.8 Å². The third kappa shape index (κ3) is 13.4.